The summed E-state index contributed by atoms with van der Waals surface area (Å²) in [7, 11) is 0. The lowest BCUT2D eigenvalue weighted by atomic mass is 10.0. The number of hydrogen-bond acceptors (Lipinski definition) is 3. The van der Waals surface area contributed by atoms with E-state index in [4.69, 9.17) is 5.11 Å². The quantitative estimate of drug-likeness (QED) is 0.771. The zero-order valence-electron chi connectivity index (χ0n) is 10.2. The number of urea groups is 1. The van der Waals surface area contributed by atoms with Crippen LogP contribution >= 0.6 is 0 Å². The summed E-state index contributed by atoms with van der Waals surface area (Å²) in [6.07, 6.45) is 1.39. The average molecular weight is 242 g/mol. The van der Waals surface area contributed by atoms with Gasteiger partial charge in [0.15, 0.2) is 0 Å². The second kappa shape index (κ2) is 5.16. The average Bonchev–Trinajstić information content (AvgIpc) is 2.55. The first-order chi connectivity index (χ1) is 7.83. The van der Waals surface area contributed by atoms with E-state index in [1.165, 1.54) is 0 Å². The monoisotopic (exact) mass is 242 g/mol. The zero-order valence-corrected chi connectivity index (χ0v) is 10.2. The third kappa shape index (κ3) is 3.72. The molecule has 0 saturated carbocycles. The molecular formula is C11H18N2O4. The van der Waals surface area contributed by atoms with Crippen molar-refractivity contribution in [3.63, 3.8) is 0 Å². The number of rotatable bonds is 3. The molecule has 1 aliphatic rings. The molecule has 0 aliphatic carbocycles. The molecule has 96 valence electrons. The lowest BCUT2D eigenvalue weighted by molar-refractivity contribution is -0.138. The van der Waals surface area contributed by atoms with E-state index in [0.717, 1.165) is 12.8 Å². The third-order valence-corrected chi connectivity index (χ3v) is 2.96. The van der Waals surface area contributed by atoms with Crippen LogP contribution in [0.5, 0.6) is 0 Å². The van der Waals surface area contributed by atoms with Crippen molar-refractivity contribution in [1.29, 1.82) is 0 Å². The molecule has 0 aromatic rings. The van der Waals surface area contributed by atoms with E-state index >= 15 is 0 Å². The van der Waals surface area contributed by atoms with Gasteiger partial charge in [-0.3, -0.25) is 14.9 Å². The first-order valence-corrected chi connectivity index (χ1v) is 5.66. The topological polar surface area (TPSA) is 86.7 Å². The summed E-state index contributed by atoms with van der Waals surface area (Å²) in [4.78, 5) is 35.0. The van der Waals surface area contributed by atoms with Crippen LogP contribution in [0.4, 0.5) is 4.79 Å². The van der Waals surface area contributed by atoms with Gasteiger partial charge < -0.3 is 10.0 Å². The second-order valence-corrected chi connectivity index (χ2v) is 4.81. The number of nitrogens with one attached hydrogen (secondary N) is 1. The van der Waals surface area contributed by atoms with Crippen molar-refractivity contribution in [3.05, 3.63) is 0 Å². The molecule has 3 amide bonds. The lowest BCUT2D eigenvalue weighted by Gasteiger charge is -2.31. The molecule has 0 unspecified atom stereocenters. The third-order valence-electron chi connectivity index (χ3n) is 2.96. The Balaban J connectivity index is 2.44. The van der Waals surface area contributed by atoms with E-state index in [1.54, 1.807) is 4.90 Å². The fraction of sp³-hybridized carbons (Fsp3) is 0.727. The predicted molar refractivity (Wildman–Crippen MR) is 60.4 cm³/mol. The number of carboxylic acid groups (broad SMARTS) is 1. The first-order valence-electron chi connectivity index (χ1n) is 5.66. The van der Waals surface area contributed by atoms with Crippen LogP contribution in [0, 0.1) is 0 Å². The Morgan fingerprint density at radius 3 is 2.41 bits per heavy atom. The smallest absolute Gasteiger partial charge is 0.324 e. The van der Waals surface area contributed by atoms with Crippen LogP contribution in [-0.4, -0.2) is 40.0 Å². The molecular weight excluding hydrogens is 224 g/mol. The molecule has 1 aliphatic heterocycles. The van der Waals surface area contributed by atoms with Crippen molar-refractivity contribution < 1.29 is 19.5 Å². The number of amides is 3. The van der Waals surface area contributed by atoms with E-state index < -0.39 is 17.9 Å². The summed E-state index contributed by atoms with van der Waals surface area (Å²) < 4.78 is 0. The number of likely N-dealkylation sites (tertiary alicyclic amines) is 1. The Morgan fingerprint density at radius 1 is 1.29 bits per heavy atom. The maximum atomic E-state index is 11.8. The maximum Gasteiger partial charge on any atom is 0.324 e. The van der Waals surface area contributed by atoms with Crippen molar-refractivity contribution in [2.24, 2.45) is 0 Å². The highest BCUT2D eigenvalue weighted by atomic mass is 16.4. The van der Waals surface area contributed by atoms with E-state index in [1.807, 2.05) is 13.8 Å². The molecule has 1 rings (SSSR count). The number of aliphatic carboxylic acids is 1. The van der Waals surface area contributed by atoms with Gasteiger partial charge in [-0.15, -0.1) is 0 Å². The molecule has 0 spiro atoms. The normalized spacial score (nSPS) is 17.9. The summed E-state index contributed by atoms with van der Waals surface area (Å²) in [5.74, 6) is -1.59. The highest BCUT2D eigenvalue weighted by Crippen LogP contribution is 2.27. The minimum atomic E-state index is -1.05. The van der Waals surface area contributed by atoms with Gasteiger partial charge in [-0.25, -0.2) is 4.79 Å². The SMILES string of the molecule is CC1(C)CCCN1C(=O)NC(=O)CCC(=O)O. The number of nitrogens with zero attached hydrogens (tertiary/aromatic N) is 1. The van der Waals surface area contributed by atoms with Crippen LogP contribution < -0.4 is 5.32 Å². The molecule has 1 heterocycles. The van der Waals surface area contributed by atoms with Gasteiger partial charge in [0, 0.05) is 18.5 Å². The summed E-state index contributed by atoms with van der Waals surface area (Å²) in [5.41, 5.74) is -0.239. The van der Waals surface area contributed by atoms with Crippen molar-refractivity contribution >= 4 is 17.9 Å². The number of hydrogen-bond donors (Lipinski definition) is 2. The highest BCUT2D eigenvalue weighted by molar-refractivity contribution is 5.95. The minimum Gasteiger partial charge on any atom is -0.481 e. The predicted octanol–water partition coefficient (Wildman–Crippen LogP) is 0.962. The van der Waals surface area contributed by atoms with Gasteiger partial charge in [0.05, 0.1) is 6.42 Å². The van der Waals surface area contributed by atoms with Gasteiger partial charge in [-0.1, -0.05) is 0 Å². The van der Waals surface area contributed by atoms with Crippen LogP contribution in [0.2, 0.25) is 0 Å². The Labute approximate surface area is 100.0 Å². The molecule has 1 fully saturated rings. The summed E-state index contributed by atoms with van der Waals surface area (Å²) in [6.45, 7) is 4.52. The van der Waals surface area contributed by atoms with Crippen molar-refractivity contribution in [1.82, 2.24) is 10.2 Å². The van der Waals surface area contributed by atoms with E-state index in [0.29, 0.717) is 6.54 Å². The molecule has 0 radical (unpaired) electrons. The molecule has 0 bridgehead atoms. The Morgan fingerprint density at radius 2 is 1.94 bits per heavy atom. The van der Waals surface area contributed by atoms with Crippen LogP contribution in [0.25, 0.3) is 0 Å². The highest BCUT2D eigenvalue weighted by Gasteiger charge is 2.35. The lowest BCUT2D eigenvalue weighted by Crippen LogP contribution is -2.49. The number of imide groups is 1. The Hall–Kier alpha value is -1.59. The molecule has 6 nitrogen and oxygen atoms in total. The van der Waals surface area contributed by atoms with Crippen LogP contribution in [0.3, 0.4) is 0 Å². The number of carbonyl (C=O) groups excluding carboxylic acids is 2. The van der Waals surface area contributed by atoms with E-state index in [9.17, 15) is 14.4 Å². The van der Waals surface area contributed by atoms with Crippen molar-refractivity contribution in [2.45, 2.75) is 45.1 Å². The van der Waals surface area contributed by atoms with Gasteiger partial charge in [0.25, 0.3) is 0 Å². The van der Waals surface area contributed by atoms with Gasteiger partial charge in [0.2, 0.25) is 5.91 Å². The summed E-state index contributed by atoms with van der Waals surface area (Å²) in [6, 6.07) is -0.428. The van der Waals surface area contributed by atoms with Gasteiger partial charge >= 0.3 is 12.0 Å². The summed E-state index contributed by atoms with van der Waals surface area (Å²) in [5, 5.41) is 10.6. The second-order valence-electron chi connectivity index (χ2n) is 4.81. The molecule has 2 N–H and O–H groups in total. The summed E-state index contributed by atoms with van der Waals surface area (Å²) >= 11 is 0. The Kier molecular flexibility index (Phi) is 4.09. The van der Waals surface area contributed by atoms with Crippen LogP contribution in [-0.2, 0) is 9.59 Å². The maximum absolute atomic E-state index is 11.8. The van der Waals surface area contributed by atoms with Gasteiger partial charge in [-0.05, 0) is 26.7 Å². The fourth-order valence-electron chi connectivity index (χ4n) is 1.95. The van der Waals surface area contributed by atoms with Gasteiger partial charge in [-0.2, -0.15) is 0 Å². The standard InChI is InChI=1S/C11H18N2O4/c1-11(2)6-3-7-13(11)10(17)12-8(14)4-5-9(15)16/h3-7H2,1-2H3,(H,15,16)(H,12,14,17). The first kappa shape index (κ1) is 13.5. The van der Waals surface area contributed by atoms with Crippen molar-refractivity contribution in [3.8, 4) is 0 Å². The Bertz CT molecular complexity index is 338. The van der Waals surface area contributed by atoms with Crippen LogP contribution in [0.15, 0.2) is 0 Å². The molecule has 17 heavy (non-hydrogen) atoms. The number of carbonyl (C=O) groups is 3. The minimum absolute atomic E-state index is 0.171. The van der Waals surface area contributed by atoms with Gasteiger partial charge in [0.1, 0.15) is 0 Å². The van der Waals surface area contributed by atoms with Crippen LogP contribution in [0.1, 0.15) is 39.5 Å². The van der Waals surface area contributed by atoms with E-state index in [-0.39, 0.29) is 18.4 Å². The molecule has 0 aromatic heterocycles. The van der Waals surface area contributed by atoms with E-state index in [2.05, 4.69) is 5.32 Å². The largest absolute Gasteiger partial charge is 0.481 e. The molecule has 1 saturated heterocycles. The number of carboxylic acids is 1. The molecule has 6 heteroatoms. The zero-order chi connectivity index (χ0) is 13.1. The molecule has 0 atom stereocenters. The molecule has 0 aromatic carbocycles. The fourth-order valence-corrected chi connectivity index (χ4v) is 1.95. The van der Waals surface area contributed by atoms with Crippen molar-refractivity contribution in [2.75, 3.05) is 6.54 Å².